The van der Waals surface area contributed by atoms with Crippen LogP contribution in [0.25, 0.3) is 0 Å². The quantitative estimate of drug-likeness (QED) is 0.734. The van der Waals surface area contributed by atoms with Gasteiger partial charge in [0.1, 0.15) is 6.10 Å². The van der Waals surface area contributed by atoms with E-state index in [4.69, 9.17) is 10.00 Å². The number of nitrogens with zero attached hydrogens (tertiary/aromatic N) is 1. The van der Waals surface area contributed by atoms with Gasteiger partial charge in [-0.05, 0) is 56.8 Å². The second kappa shape index (κ2) is 5.06. The number of nitriles is 1. The molecule has 3 heteroatoms. The van der Waals surface area contributed by atoms with Crippen LogP contribution in [0.15, 0.2) is 0 Å². The molecule has 4 atom stereocenters. The van der Waals surface area contributed by atoms with E-state index >= 15 is 0 Å². The number of rotatable bonds is 3. The molecular formula is C17H27NO2. The maximum Gasteiger partial charge on any atom is 0.311 e. The highest BCUT2D eigenvalue weighted by atomic mass is 16.5. The van der Waals surface area contributed by atoms with Crippen molar-refractivity contribution in [2.75, 3.05) is 0 Å². The molecule has 2 bridgehead atoms. The van der Waals surface area contributed by atoms with Crippen LogP contribution in [0.2, 0.25) is 0 Å². The molecule has 4 unspecified atom stereocenters. The maximum atomic E-state index is 12.4. The van der Waals surface area contributed by atoms with Crippen LogP contribution in [-0.4, -0.2) is 12.1 Å². The SMILES string of the molecule is CC(C)(C)CC(C)(C)C(=O)OC1CC2CC1CC2C#N. The summed E-state index contributed by atoms with van der Waals surface area (Å²) in [6.07, 6.45) is 3.74. The lowest BCUT2D eigenvalue weighted by atomic mass is 9.76. The lowest BCUT2D eigenvalue weighted by Crippen LogP contribution is -2.36. The van der Waals surface area contributed by atoms with Crippen LogP contribution in [0.5, 0.6) is 0 Å². The highest BCUT2D eigenvalue weighted by molar-refractivity contribution is 5.76. The molecule has 0 N–H and O–H groups in total. The number of hydrogen-bond acceptors (Lipinski definition) is 3. The van der Waals surface area contributed by atoms with Gasteiger partial charge in [0, 0.05) is 5.92 Å². The Hall–Kier alpha value is -1.04. The van der Waals surface area contributed by atoms with Gasteiger partial charge in [-0.3, -0.25) is 4.79 Å². The summed E-state index contributed by atoms with van der Waals surface area (Å²) in [6.45, 7) is 10.4. The zero-order chi connectivity index (χ0) is 15.1. The van der Waals surface area contributed by atoms with Crippen molar-refractivity contribution in [3.63, 3.8) is 0 Å². The van der Waals surface area contributed by atoms with Crippen molar-refractivity contribution in [1.82, 2.24) is 0 Å². The predicted molar refractivity (Wildman–Crippen MR) is 77.7 cm³/mol. The largest absolute Gasteiger partial charge is 0.462 e. The van der Waals surface area contributed by atoms with E-state index in [1.54, 1.807) is 0 Å². The molecule has 20 heavy (non-hydrogen) atoms. The third-order valence-electron chi connectivity index (χ3n) is 4.74. The molecule has 2 aliphatic carbocycles. The first-order valence-electron chi connectivity index (χ1n) is 7.73. The number of hydrogen-bond donors (Lipinski definition) is 0. The van der Waals surface area contributed by atoms with Crippen LogP contribution < -0.4 is 0 Å². The van der Waals surface area contributed by atoms with Crippen LogP contribution in [0.3, 0.4) is 0 Å². The van der Waals surface area contributed by atoms with E-state index in [0.29, 0.717) is 11.8 Å². The Morgan fingerprint density at radius 1 is 1.15 bits per heavy atom. The van der Waals surface area contributed by atoms with Gasteiger partial charge in [0.15, 0.2) is 0 Å². The van der Waals surface area contributed by atoms with Gasteiger partial charge in [-0.2, -0.15) is 5.26 Å². The van der Waals surface area contributed by atoms with E-state index in [9.17, 15) is 4.79 Å². The Balaban J connectivity index is 1.92. The summed E-state index contributed by atoms with van der Waals surface area (Å²) >= 11 is 0. The molecule has 0 radical (unpaired) electrons. The molecule has 0 aliphatic heterocycles. The van der Waals surface area contributed by atoms with Crippen LogP contribution in [0.4, 0.5) is 0 Å². The summed E-state index contributed by atoms with van der Waals surface area (Å²) in [6, 6.07) is 2.39. The van der Waals surface area contributed by atoms with E-state index in [1.165, 1.54) is 0 Å². The van der Waals surface area contributed by atoms with Crippen molar-refractivity contribution < 1.29 is 9.53 Å². The molecule has 2 fully saturated rings. The van der Waals surface area contributed by atoms with Gasteiger partial charge in [-0.25, -0.2) is 0 Å². The van der Waals surface area contributed by atoms with Crippen LogP contribution in [0, 0.1) is 39.9 Å². The smallest absolute Gasteiger partial charge is 0.311 e. The van der Waals surface area contributed by atoms with Crippen LogP contribution in [-0.2, 0) is 9.53 Å². The van der Waals surface area contributed by atoms with Gasteiger partial charge in [-0.15, -0.1) is 0 Å². The van der Waals surface area contributed by atoms with Gasteiger partial charge in [0.05, 0.1) is 11.5 Å². The Labute approximate surface area is 122 Å². The highest BCUT2D eigenvalue weighted by Crippen LogP contribution is 2.50. The second-order valence-corrected chi connectivity index (χ2v) is 8.53. The van der Waals surface area contributed by atoms with Crippen molar-refractivity contribution >= 4 is 5.97 Å². The predicted octanol–water partition coefficient (Wildman–Crippen LogP) is 3.93. The minimum Gasteiger partial charge on any atom is -0.462 e. The topological polar surface area (TPSA) is 50.1 Å². The van der Waals surface area contributed by atoms with E-state index in [0.717, 1.165) is 25.7 Å². The summed E-state index contributed by atoms with van der Waals surface area (Å²) in [4.78, 5) is 12.4. The van der Waals surface area contributed by atoms with Crippen LogP contribution >= 0.6 is 0 Å². The summed E-state index contributed by atoms with van der Waals surface area (Å²) in [5.41, 5.74) is -0.322. The molecule has 0 aromatic heterocycles. The lowest BCUT2D eigenvalue weighted by molar-refractivity contribution is -0.164. The Morgan fingerprint density at radius 3 is 2.25 bits per heavy atom. The average molecular weight is 277 g/mol. The number of ether oxygens (including phenoxy) is 1. The molecule has 112 valence electrons. The molecule has 0 saturated heterocycles. The molecule has 0 spiro atoms. The normalized spacial score (nSPS) is 33.0. The van der Waals surface area contributed by atoms with Gasteiger partial charge in [0.25, 0.3) is 0 Å². The molecule has 3 nitrogen and oxygen atoms in total. The molecule has 0 aromatic carbocycles. The Bertz CT molecular complexity index is 427. The summed E-state index contributed by atoms with van der Waals surface area (Å²) < 4.78 is 5.80. The van der Waals surface area contributed by atoms with E-state index < -0.39 is 5.41 Å². The third-order valence-corrected chi connectivity index (χ3v) is 4.74. The monoisotopic (exact) mass is 277 g/mol. The molecule has 0 aromatic rings. The Morgan fingerprint density at radius 2 is 1.80 bits per heavy atom. The van der Waals surface area contributed by atoms with E-state index in [1.807, 2.05) is 13.8 Å². The number of carbonyl (C=O) groups excluding carboxylic acids is 1. The molecule has 0 heterocycles. The first-order valence-corrected chi connectivity index (χ1v) is 7.73. The maximum absolute atomic E-state index is 12.4. The fourth-order valence-corrected chi connectivity index (χ4v) is 4.22. The Kier molecular flexibility index (Phi) is 3.88. The van der Waals surface area contributed by atoms with E-state index in [2.05, 4.69) is 26.8 Å². The number of fused-ring (bicyclic) bond motifs is 2. The average Bonchev–Trinajstić information content (AvgIpc) is 2.84. The summed E-state index contributed by atoms with van der Waals surface area (Å²) in [5.74, 6) is 0.989. The van der Waals surface area contributed by atoms with Gasteiger partial charge >= 0.3 is 5.97 Å². The van der Waals surface area contributed by atoms with Crippen molar-refractivity contribution in [2.24, 2.45) is 28.6 Å². The van der Waals surface area contributed by atoms with Gasteiger partial charge in [0.2, 0.25) is 0 Å². The zero-order valence-corrected chi connectivity index (χ0v) is 13.4. The van der Waals surface area contributed by atoms with Crippen molar-refractivity contribution in [3.05, 3.63) is 0 Å². The van der Waals surface area contributed by atoms with Crippen molar-refractivity contribution in [2.45, 2.75) is 66.4 Å². The number of carbonyl (C=O) groups is 1. The van der Waals surface area contributed by atoms with E-state index in [-0.39, 0.29) is 23.4 Å². The minimum absolute atomic E-state index is 0.0522. The highest BCUT2D eigenvalue weighted by Gasteiger charge is 2.48. The zero-order valence-electron chi connectivity index (χ0n) is 13.4. The molecule has 0 amide bonds. The lowest BCUT2D eigenvalue weighted by Gasteiger charge is -2.33. The molecule has 2 saturated carbocycles. The fraction of sp³-hybridized carbons (Fsp3) is 0.882. The van der Waals surface area contributed by atoms with Gasteiger partial charge < -0.3 is 4.74 Å². The second-order valence-electron chi connectivity index (χ2n) is 8.53. The minimum atomic E-state index is -0.436. The van der Waals surface area contributed by atoms with Crippen LogP contribution in [0.1, 0.15) is 60.3 Å². The van der Waals surface area contributed by atoms with Crippen molar-refractivity contribution in [3.8, 4) is 6.07 Å². The standard InChI is InChI=1S/C17H27NO2/c1-16(2,3)10-17(4,5)15(19)20-14-8-11-6-12(14)7-13(11)9-18/h11-14H,6-8,10H2,1-5H3. The molecular weight excluding hydrogens is 250 g/mol. The molecule has 2 rings (SSSR count). The summed E-state index contributed by atoms with van der Waals surface area (Å²) in [5, 5.41) is 9.06. The first kappa shape index (κ1) is 15.4. The third kappa shape index (κ3) is 3.16. The van der Waals surface area contributed by atoms with Crippen molar-refractivity contribution in [1.29, 1.82) is 5.26 Å². The van der Waals surface area contributed by atoms with Gasteiger partial charge in [-0.1, -0.05) is 20.8 Å². The first-order chi connectivity index (χ1) is 9.12. The number of esters is 1. The fourth-order valence-electron chi connectivity index (χ4n) is 4.22. The molecule has 2 aliphatic rings. The summed E-state index contributed by atoms with van der Waals surface area (Å²) in [7, 11) is 0.